The Morgan fingerprint density at radius 3 is 2.81 bits per heavy atom. The SMILES string of the molecule is C=C(Br)CNc1cc(OC)cc([N+](=O)[O-])c1. The molecule has 0 saturated heterocycles. The second-order valence-corrected chi connectivity index (χ2v) is 4.17. The lowest BCUT2D eigenvalue weighted by Crippen LogP contribution is -2.01. The van der Waals surface area contributed by atoms with Crippen LogP contribution in [0, 0.1) is 10.1 Å². The van der Waals surface area contributed by atoms with Crippen molar-refractivity contribution in [2.45, 2.75) is 0 Å². The van der Waals surface area contributed by atoms with Gasteiger partial charge >= 0.3 is 0 Å². The number of nitro groups is 1. The Bertz CT molecular complexity index is 421. The Hall–Kier alpha value is -1.56. The maximum Gasteiger partial charge on any atom is 0.275 e. The molecule has 0 radical (unpaired) electrons. The third-order valence-corrected chi connectivity index (χ3v) is 2.10. The lowest BCUT2D eigenvalue weighted by atomic mass is 10.2. The van der Waals surface area contributed by atoms with Gasteiger partial charge in [-0.3, -0.25) is 10.1 Å². The van der Waals surface area contributed by atoms with E-state index in [4.69, 9.17) is 4.74 Å². The number of anilines is 1. The summed E-state index contributed by atoms with van der Waals surface area (Å²) in [5.41, 5.74) is 0.605. The van der Waals surface area contributed by atoms with Crippen LogP contribution in [0.1, 0.15) is 0 Å². The van der Waals surface area contributed by atoms with E-state index in [0.717, 1.165) is 4.48 Å². The van der Waals surface area contributed by atoms with E-state index >= 15 is 0 Å². The normalized spacial score (nSPS) is 9.62. The van der Waals surface area contributed by atoms with Crippen LogP contribution in [0.4, 0.5) is 11.4 Å². The lowest BCUT2D eigenvalue weighted by molar-refractivity contribution is -0.384. The number of hydrogen-bond donors (Lipinski definition) is 1. The van der Waals surface area contributed by atoms with Crippen molar-refractivity contribution in [1.29, 1.82) is 0 Å². The number of ether oxygens (including phenoxy) is 1. The molecule has 0 fully saturated rings. The van der Waals surface area contributed by atoms with Gasteiger partial charge in [-0.25, -0.2) is 0 Å². The van der Waals surface area contributed by atoms with E-state index in [1.807, 2.05) is 0 Å². The maximum atomic E-state index is 10.7. The van der Waals surface area contributed by atoms with Gasteiger partial charge in [0.25, 0.3) is 5.69 Å². The Labute approximate surface area is 101 Å². The molecule has 16 heavy (non-hydrogen) atoms. The fourth-order valence-electron chi connectivity index (χ4n) is 1.11. The predicted octanol–water partition coefficient (Wildman–Crippen LogP) is 2.92. The summed E-state index contributed by atoms with van der Waals surface area (Å²) >= 11 is 3.19. The molecule has 0 amide bonds. The number of non-ortho nitro benzene ring substituents is 1. The maximum absolute atomic E-state index is 10.7. The van der Waals surface area contributed by atoms with Crippen LogP contribution in [0.25, 0.3) is 0 Å². The quantitative estimate of drug-likeness (QED) is 0.668. The highest BCUT2D eigenvalue weighted by Gasteiger charge is 2.09. The molecule has 0 atom stereocenters. The predicted molar refractivity (Wildman–Crippen MR) is 66.2 cm³/mol. The average Bonchev–Trinajstić information content (AvgIpc) is 2.25. The molecule has 0 spiro atoms. The zero-order valence-electron chi connectivity index (χ0n) is 8.70. The molecular weight excluding hydrogens is 276 g/mol. The molecule has 1 aromatic rings. The summed E-state index contributed by atoms with van der Waals surface area (Å²) in [6.07, 6.45) is 0. The van der Waals surface area contributed by atoms with Gasteiger partial charge < -0.3 is 10.1 Å². The van der Waals surface area contributed by atoms with Gasteiger partial charge in [0, 0.05) is 28.8 Å². The molecule has 0 aliphatic rings. The summed E-state index contributed by atoms with van der Waals surface area (Å²) in [4.78, 5) is 10.2. The van der Waals surface area contributed by atoms with E-state index in [-0.39, 0.29) is 5.69 Å². The Morgan fingerprint density at radius 1 is 1.62 bits per heavy atom. The third-order valence-electron chi connectivity index (χ3n) is 1.82. The van der Waals surface area contributed by atoms with Crippen molar-refractivity contribution in [3.63, 3.8) is 0 Å². The van der Waals surface area contributed by atoms with E-state index in [1.165, 1.54) is 19.2 Å². The Balaban J connectivity index is 2.95. The molecule has 0 heterocycles. The number of halogens is 1. The molecule has 1 rings (SSSR count). The van der Waals surface area contributed by atoms with Gasteiger partial charge in [0.15, 0.2) is 0 Å². The minimum Gasteiger partial charge on any atom is -0.496 e. The number of benzene rings is 1. The van der Waals surface area contributed by atoms with Crippen molar-refractivity contribution in [2.75, 3.05) is 19.0 Å². The Kier molecular flexibility index (Phi) is 4.30. The fourth-order valence-corrected chi connectivity index (χ4v) is 1.25. The molecule has 5 nitrogen and oxygen atoms in total. The first-order valence-electron chi connectivity index (χ1n) is 4.43. The molecule has 6 heteroatoms. The second-order valence-electron chi connectivity index (χ2n) is 3.05. The van der Waals surface area contributed by atoms with Gasteiger partial charge in [0.2, 0.25) is 0 Å². The smallest absolute Gasteiger partial charge is 0.275 e. The van der Waals surface area contributed by atoms with Crippen LogP contribution in [0.15, 0.2) is 29.3 Å². The zero-order valence-corrected chi connectivity index (χ0v) is 10.3. The highest BCUT2D eigenvalue weighted by molar-refractivity contribution is 9.11. The van der Waals surface area contributed by atoms with Crippen molar-refractivity contribution < 1.29 is 9.66 Å². The van der Waals surface area contributed by atoms with Gasteiger partial charge in [-0.1, -0.05) is 22.5 Å². The topological polar surface area (TPSA) is 64.4 Å². The summed E-state index contributed by atoms with van der Waals surface area (Å²) in [6.45, 7) is 4.15. The summed E-state index contributed by atoms with van der Waals surface area (Å²) in [6, 6.07) is 4.50. The molecule has 1 N–H and O–H groups in total. The van der Waals surface area contributed by atoms with Gasteiger partial charge in [0.1, 0.15) is 5.75 Å². The van der Waals surface area contributed by atoms with E-state index in [0.29, 0.717) is 18.0 Å². The molecule has 0 saturated carbocycles. The first kappa shape index (κ1) is 12.5. The van der Waals surface area contributed by atoms with Gasteiger partial charge in [-0.2, -0.15) is 0 Å². The summed E-state index contributed by atoms with van der Waals surface area (Å²) < 4.78 is 5.74. The molecule has 0 aliphatic heterocycles. The van der Waals surface area contributed by atoms with Gasteiger partial charge in [0.05, 0.1) is 18.1 Å². The minimum absolute atomic E-state index is 0.0120. The fraction of sp³-hybridized carbons (Fsp3) is 0.200. The standard InChI is InChI=1S/C10H11BrN2O3/c1-7(11)6-12-8-3-9(13(14)15)5-10(4-8)16-2/h3-5,12H,1,6H2,2H3. The summed E-state index contributed by atoms with van der Waals surface area (Å²) in [5.74, 6) is 0.442. The number of nitrogens with one attached hydrogen (secondary N) is 1. The molecule has 1 aromatic carbocycles. The van der Waals surface area contributed by atoms with E-state index in [2.05, 4.69) is 27.8 Å². The van der Waals surface area contributed by atoms with Crippen molar-refractivity contribution in [3.8, 4) is 5.75 Å². The summed E-state index contributed by atoms with van der Waals surface area (Å²) in [5, 5.41) is 13.6. The minimum atomic E-state index is -0.462. The monoisotopic (exact) mass is 286 g/mol. The molecule has 0 unspecified atom stereocenters. The van der Waals surface area contributed by atoms with Crippen molar-refractivity contribution in [1.82, 2.24) is 0 Å². The van der Waals surface area contributed by atoms with Crippen LogP contribution in [-0.4, -0.2) is 18.6 Å². The molecule has 86 valence electrons. The van der Waals surface area contributed by atoms with Crippen molar-refractivity contribution in [3.05, 3.63) is 39.4 Å². The number of nitro benzene ring substituents is 1. The largest absolute Gasteiger partial charge is 0.496 e. The van der Waals surface area contributed by atoms with Crippen LogP contribution >= 0.6 is 15.9 Å². The van der Waals surface area contributed by atoms with Crippen molar-refractivity contribution in [2.24, 2.45) is 0 Å². The van der Waals surface area contributed by atoms with Crippen LogP contribution < -0.4 is 10.1 Å². The Morgan fingerprint density at radius 2 is 2.31 bits per heavy atom. The average molecular weight is 287 g/mol. The molecule has 0 aromatic heterocycles. The molecule has 0 aliphatic carbocycles. The summed E-state index contributed by atoms with van der Waals surface area (Å²) in [7, 11) is 1.46. The van der Waals surface area contributed by atoms with Crippen LogP contribution in [-0.2, 0) is 0 Å². The van der Waals surface area contributed by atoms with Gasteiger partial charge in [-0.15, -0.1) is 0 Å². The van der Waals surface area contributed by atoms with Gasteiger partial charge in [-0.05, 0) is 0 Å². The number of nitrogens with zero attached hydrogens (tertiary/aromatic N) is 1. The van der Waals surface area contributed by atoms with E-state index < -0.39 is 4.92 Å². The van der Waals surface area contributed by atoms with Crippen LogP contribution in [0.2, 0.25) is 0 Å². The van der Waals surface area contributed by atoms with Crippen LogP contribution in [0.3, 0.4) is 0 Å². The number of methoxy groups -OCH3 is 1. The number of rotatable bonds is 5. The van der Waals surface area contributed by atoms with E-state index in [1.54, 1.807) is 6.07 Å². The zero-order chi connectivity index (χ0) is 12.1. The first-order valence-corrected chi connectivity index (χ1v) is 5.23. The van der Waals surface area contributed by atoms with Crippen molar-refractivity contribution >= 4 is 27.3 Å². The first-order chi connectivity index (χ1) is 7.52. The van der Waals surface area contributed by atoms with E-state index in [9.17, 15) is 10.1 Å². The molecular formula is C10H11BrN2O3. The number of hydrogen-bond acceptors (Lipinski definition) is 4. The second kappa shape index (κ2) is 5.50. The highest BCUT2D eigenvalue weighted by Crippen LogP contribution is 2.25. The third kappa shape index (κ3) is 3.54. The van der Waals surface area contributed by atoms with Crippen LogP contribution in [0.5, 0.6) is 5.75 Å². The highest BCUT2D eigenvalue weighted by atomic mass is 79.9. The lowest BCUT2D eigenvalue weighted by Gasteiger charge is -2.07. The molecule has 0 bridgehead atoms.